The number of benzene rings is 3. The zero-order valence-corrected chi connectivity index (χ0v) is 23.8. The molecule has 2 heterocycles. The van der Waals surface area contributed by atoms with E-state index < -0.39 is 47.0 Å². The molecule has 0 aliphatic rings. The zero-order valence-electron chi connectivity index (χ0n) is 23.8. The zero-order chi connectivity index (χ0) is 32.3. The van der Waals surface area contributed by atoms with Crippen LogP contribution in [0.3, 0.4) is 0 Å². The second kappa shape index (κ2) is 12.7. The molecule has 0 aliphatic carbocycles. The lowest BCUT2D eigenvalue weighted by atomic mass is 10.1. The average Bonchev–Trinajstić information content (AvgIpc) is 3.33. The molecule has 5 aromatic rings. The van der Waals surface area contributed by atoms with E-state index in [0.717, 1.165) is 35.4 Å². The largest absolute Gasteiger partial charge is 0.480 e. The van der Waals surface area contributed by atoms with Crippen molar-refractivity contribution in [3.63, 3.8) is 0 Å². The van der Waals surface area contributed by atoms with Gasteiger partial charge in [-0.25, -0.2) is 18.6 Å². The van der Waals surface area contributed by atoms with E-state index >= 15 is 0 Å². The van der Waals surface area contributed by atoms with Gasteiger partial charge in [0, 0.05) is 18.8 Å². The smallest absolute Gasteiger partial charge is 0.425 e. The van der Waals surface area contributed by atoms with Gasteiger partial charge < -0.3 is 14.2 Å². The molecule has 1 atom stereocenters. The van der Waals surface area contributed by atoms with Gasteiger partial charge in [0.15, 0.2) is 23.6 Å². The van der Waals surface area contributed by atoms with Gasteiger partial charge in [-0.05, 0) is 49.1 Å². The Hall–Kier alpha value is -5.29. The Morgan fingerprint density at radius 1 is 1.02 bits per heavy atom. The second-order valence-corrected chi connectivity index (χ2v) is 9.78. The van der Waals surface area contributed by atoms with Crippen LogP contribution in [0.4, 0.5) is 22.0 Å². The van der Waals surface area contributed by atoms with E-state index in [1.807, 2.05) is 30.3 Å². The van der Waals surface area contributed by atoms with Gasteiger partial charge in [-0.1, -0.05) is 30.3 Å². The molecule has 0 amide bonds. The number of halogens is 5. The maximum atomic E-state index is 14.7. The van der Waals surface area contributed by atoms with Crippen LogP contribution in [0.15, 0.2) is 71.7 Å². The van der Waals surface area contributed by atoms with Gasteiger partial charge >= 0.3 is 11.9 Å². The second-order valence-electron chi connectivity index (χ2n) is 9.78. The fourth-order valence-electron chi connectivity index (χ4n) is 4.46. The molecule has 0 aliphatic heterocycles. The maximum Gasteiger partial charge on any atom is 0.425 e. The number of aromatic nitrogens is 4. The molecule has 0 saturated carbocycles. The number of fused-ring (bicyclic) bond motifs is 1. The Balaban J connectivity index is 1.59. The van der Waals surface area contributed by atoms with Crippen LogP contribution in [-0.4, -0.2) is 31.6 Å². The minimum atomic E-state index is -4.79. The molecule has 0 N–H and O–H groups in total. The van der Waals surface area contributed by atoms with Crippen molar-refractivity contribution in [1.29, 1.82) is 5.26 Å². The molecule has 9 nitrogen and oxygen atoms in total. The molecule has 232 valence electrons. The first-order valence-corrected chi connectivity index (χ1v) is 13.5. The fraction of sp³-hybridized carbons (Fsp3) is 0.226. The van der Waals surface area contributed by atoms with Crippen LogP contribution in [0.2, 0.25) is 0 Å². The van der Waals surface area contributed by atoms with Gasteiger partial charge in [0.05, 0.1) is 29.3 Å². The summed E-state index contributed by atoms with van der Waals surface area (Å²) in [4.78, 5) is 17.3. The van der Waals surface area contributed by atoms with Crippen LogP contribution in [0, 0.1) is 23.0 Å². The monoisotopic (exact) mass is 625 g/mol. The molecule has 0 radical (unpaired) electrons. The highest BCUT2D eigenvalue weighted by molar-refractivity contribution is 5.94. The Morgan fingerprint density at radius 3 is 2.38 bits per heavy atom. The Kier molecular flexibility index (Phi) is 8.82. The van der Waals surface area contributed by atoms with E-state index in [1.165, 1.54) is 22.9 Å². The first-order valence-electron chi connectivity index (χ1n) is 13.5. The Bertz CT molecular complexity index is 1930. The lowest BCUT2D eigenvalue weighted by molar-refractivity contribution is -0.189. The van der Waals surface area contributed by atoms with Crippen molar-refractivity contribution in [3.8, 4) is 29.1 Å². The molecule has 14 heteroatoms. The quantitative estimate of drug-likeness (QED) is 0.161. The van der Waals surface area contributed by atoms with Crippen molar-refractivity contribution in [1.82, 2.24) is 19.3 Å². The minimum absolute atomic E-state index is 0.0311. The summed E-state index contributed by atoms with van der Waals surface area (Å²) >= 11 is 0. The van der Waals surface area contributed by atoms with Crippen LogP contribution in [0.5, 0.6) is 17.4 Å². The number of hydrogen-bond donors (Lipinski definition) is 0. The third kappa shape index (κ3) is 6.63. The van der Waals surface area contributed by atoms with Gasteiger partial charge in [0.25, 0.3) is 0 Å². The van der Waals surface area contributed by atoms with Gasteiger partial charge in [-0.15, -0.1) is 5.10 Å². The SMILES string of the molecule is CCn1c(COCc2ccccc2)nn(-c2cc(OC(C)C(F)(F)F)c3c(Oc4c(F)cc(C#N)cc4F)nccc3c2)c1=O. The Morgan fingerprint density at radius 2 is 1.73 bits per heavy atom. The van der Waals surface area contributed by atoms with E-state index in [2.05, 4.69) is 10.1 Å². The van der Waals surface area contributed by atoms with Crippen LogP contribution >= 0.6 is 0 Å². The summed E-state index contributed by atoms with van der Waals surface area (Å²) in [6.07, 6.45) is -5.92. The molecular weight excluding hydrogens is 601 g/mol. The number of nitriles is 1. The third-order valence-electron chi connectivity index (χ3n) is 6.71. The molecule has 0 fully saturated rings. The number of rotatable bonds is 10. The summed E-state index contributed by atoms with van der Waals surface area (Å²) in [5.74, 6) is -4.03. The average molecular weight is 626 g/mol. The van der Waals surface area contributed by atoms with Crippen LogP contribution in [-0.2, 0) is 24.5 Å². The first kappa shape index (κ1) is 31.1. The lowest BCUT2D eigenvalue weighted by Gasteiger charge is -2.20. The van der Waals surface area contributed by atoms with Crippen LogP contribution in [0.25, 0.3) is 16.5 Å². The van der Waals surface area contributed by atoms with Gasteiger partial charge in [0.2, 0.25) is 11.6 Å². The maximum absolute atomic E-state index is 14.7. The molecular formula is C31H24F5N5O4. The van der Waals surface area contributed by atoms with Gasteiger partial charge in [0.1, 0.15) is 12.4 Å². The van der Waals surface area contributed by atoms with Crippen LogP contribution < -0.4 is 15.2 Å². The van der Waals surface area contributed by atoms with E-state index in [9.17, 15) is 26.7 Å². The van der Waals surface area contributed by atoms with E-state index in [1.54, 1.807) is 13.0 Å². The summed E-state index contributed by atoms with van der Waals surface area (Å²) in [5, 5.41) is 13.4. The molecule has 3 aromatic carbocycles. The highest BCUT2D eigenvalue weighted by atomic mass is 19.4. The van der Waals surface area contributed by atoms with Crippen LogP contribution in [0.1, 0.15) is 30.8 Å². The molecule has 0 saturated heterocycles. The standard InChI is InChI=1S/C31H24F5N5O4/c1-3-40-26(17-43-16-19-7-5-4-6-8-19)39-41(30(40)42)22-13-21-9-10-38-29(27(21)25(14-22)44-18(2)31(34,35)36)45-28-23(32)11-20(15-37)12-24(28)33/h4-14,18H,3,16-17H2,1-2H3. The van der Waals surface area contributed by atoms with Crippen molar-refractivity contribution in [2.75, 3.05) is 0 Å². The molecule has 45 heavy (non-hydrogen) atoms. The molecule has 0 bridgehead atoms. The van der Waals surface area contributed by atoms with Gasteiger partial charge in [-0.3, -0.25) is 4.57 Å². The van der Waals surface area contributed by atoms with Crippen molar-refractivity contribution in [2.45, 2.75) is 45.9 Å². The lowest BCUT2D eigenvalue weighted by Crippen LogP contribution is -2.31. The van der Waals surface area contributed by atoms with Crippen molar-refractivity contribution in [2.24, 2.45) is 0 Å². The van der Waals surface area contributed by atoms with E-state index in [-0.39, 0.29) is 47.6 Å². The van der Waals surface area contributed by atoms with E-state index in [4.69, 9.17) is 19.5 Å². The number of ether oxygens (including phenoxy) is 3. The number of pyridine rings is 1. The predicted octanol–water partition coefficient (Wildman–Crippen LogP) is 6.59. The normalized spacial score (nSPS) is 12.2. The van der Waals surface area contributed by atoms with Crippen molar-refractivity contribution >= 4 is 10.8 Å². The number of hydrogen-bond acceptors (Lipinski definition) is 7. The third-order valence-corrected chi connectivity index (χ3v) is 6.71. The van der Waals surface area contributed by atoms with Gasteiger partial charge in [-0.2, -0.15) is 23.1 Å². The molecule has 1 unspecified atom stereocenters. The number of nitrogens with zero attached hydrogens (tertiary/aromatic N) is 5. The van der Waals surface area contributed by atoms with E-state index in [0.29, 0.717) is 0 Å². The summed E-state index contributed by atoms with van der Waals surface area (Å²) in [6.45, 7) is 2.95. The molecule has 5 rings (SSSR count). The summed E-state index contributed by atoms with van der Waals surface area (Å²) in [6, 6.07) is 16.4. The Labute approximate surface area is 252 Å². The highest BCUT2D eigenvalue weighted by Gasteiger charge is 2.38. The number of alkyl halides is 3. The van der Waals surface area contributed by atoms with Crippen molar-refractivity contribution in [3.05, 3.63) is 106 Å². The summed E-state index contributed by atoms with van der Waals surface area (Å²) in [7, 11) is 0. The first-order chi connectivity index (χ1) is 21.5. The fourth-order valence-corrected chi connectivity index (χ4v) is 4.46. The highest BCUT2D eigenvalue weighted by Crippen LogP contribution is 2.39. The summed E-state index contributed by atoms with van der Waals surface area (Å²) in [5.41, 5.74) is 0.0565. The topological polar surface area (TPSA) is 104 Å². The summed E-state index contributed by atoms with van der Waals surface area (Å²) < 4.78 is 89.0. The van der Waals surface area contributed by atoms with Crippen molar-refractivity contribution < 1.29 is 36.2 Å². The molecule has 2 aromatic heterocycles. The predicted molar refractivity (Wildman–Crippen MR) is 151 cm³/mol. The minimum Gasteiger partial charge on any atom is -0.480 e. The molecule has 0 spiro atoms.